The average Bonchev–Trinajstić information content (AvgIpc) is 2.33. The number of hydrogen-bond donors (Lipinski definition) is 0. The van der Waals surface area contributed by atoms with Crippen molar-refractivity contribution in [1.29, 1.82) is 0 Å². The van der Waals surface area contributed by atoms with E-state index in [9.17, 15) is 0 Å². The van der Waals surface area contributed by atoms with Crippen LogP contribution in [0.3, 0.4) is 0 Å². The third kappa shape index (κ3) is 1.02. The van der Waals surface area contributed by atoms with Gasteiger partial charge in [-0.2, -0.15) is 0 Å². The highest BCUT2D eigenvalue weighted by Gasteiger charge is 1.98. The third-order valence-electron chi connectivity index (χ3n) is 1.25. The number of hydrogen-bond acceptors (Lipinski definition) is 2. The quantitative estimate of drug-likeness (QED) is 0.600. The lowest BCUT2D eigenvalue weighted by molar-refractivity contribution is 0.417. The summed E-state index contributed by atoms with van der Waals surface area (Å²) in [7, 11) is 0. The SMILES string of the molecule is C=Cc1nocc1CC. The summed E-state index contributed by atoms with van der Waals surface area (Å²) < 4.78 is 4.71. The number of rotatable bonds is 2. The molecule has 0 saturated carbocycles. The van der Waals surface area contributed by atoms with Crippen molar-refractivity contribution < 1.29 is 4.52 Å². The van der Waals surface area contributed by atoms with Crippen LogP contribution in [0.1, 0.15) is 18.2 Å². The van der Waals surface area contributed by atoms with Gasteiger partial charge in [-0.1, -0.05) is 18.7 Å². The summed E-state index contributed by atoms with van der Waals surface area (Å²) in [5, 5.41) is 3.71. The van der Waals surface area contributed by atoms with Gasteiger partial charge < -0.3 is 4.52 Å². The molecule has 0 N–H and O–H groups in total. The van der Waals surface area contributed by atoms with E-state index >= 15 is 0 Å². The Bertz CT molecular complexity index is 202. The molecular formula is C7H9NO. The molecule has 0 aliphatic heterocycles. The van der Waals surface area contributed by atoms with Crippen LogP contribution in [0.2, 0.25) is 0 Å². The summed E-state index contributed by atoms with van der Waals surface area (Å²) in [4.78, 5) is 0. The van der Waals surface area contributed by atoms with Gasteiger partial charge in [-0.3, -0.25) is 0 Å². The first-order chi connectivity index (χ1) is 4.38. The van der Waals surface area contributed by atoms with Crippen LogP contribution in [0.15, 0.2) is 17.4 Å². The van der Waals surface area contributed by atoms with Crippen LogP contribution < -0.4 is 0 Å². The van der Waals surface area contributed by atoms with E-state index in [0.717, 1.165) is 17.7 Å². The molecule has 48 valence electrons. The molecule has 2 heteroatoms. The highest BCUT2D eigenvalue weighted by Crippen LogP contribution is 2.07. The van der Waals surface area contributed by atoms with Crippen molar-refractivity contribution in [3.8, 4) is 0 Å². The molecule has 1 aromatic rings. The summed E-state index contributed by atoms with van der Waals surface area (Å²) in [6, 6.07) is 0. The first-order valence-electron chi connectivity index (χ1n) is 2.94. The van der Waals surface area contributed by atoms with E-state index in [-0.39, 0.29) is 0 Å². The Hall–Kier alpha value is -1.05. The van der Waals surface area contributed by atoms with Crippen LogP contribution in [0.5, 0.6) is 0 Å². The lowest BCUT2D eigenvalue weighted by Gasteiger charge is -1.84. The van der Waals surface area contributed by atoms with Crippen LogP contribution >= 0.6 is 0 Å². The molecular weight excluding hydrogens is 114 g/mol. The lowest BCUT2D eigenvalue weighted by atomic mass is 10.2. The van der Waals surface area contributed by atoms with Gasteiger partial charge in [0.2, 0.25) is 0 Å². The maximum absolute atomic E-state index is 4.71. The number of nitrogens with zero attached hydrogens (tertiary/aromatic N) is 1. The minimum atomic E-state index is 0.859. The van der Waals surface area contributed by atoms with Gasteiger partial charge in [-0.15, -0.1) is 0 Å². The highest BCUT2D eigenvalue weighted by molar-refractivity contribution is 5.44. The third-order valence-corrected chi connectivity index (χ3v) is 1.25. The minimum absolute atomic E-state index is 0.859. The van der Waals surface area contributed by atoms with Gasteiger partial charge in [0.1, 0.15) is 12.0 Å². The molecule has 0 unspecified atom stereocenters. The molecule has 0 spiro atoms. The molecule has 0 saturated heterocycles. The zero-order chi connectivity index (χ0) is 6.69. The number of aromatic nitrogens is 1. The van der Waals surface area contributed by atoms with Crippen LogP contribution in [0.25, 0.3) is 6.08 Å². The first kappa shape index (κ1) is 6.08. The maximum atomic E-state index is 4.71. The predicted octanol–water partition coefficient (Wildman–Crippen LogP) is 1.88. The molecule has 0 amide bonds. The second kappa shape index (κ2) is 2.49. The highest BCUT2D eigenvalue weighted by atomic mass is 16.5. The monoisotopic (exact) mass is 123 g/mol. The van der Waals surface area contributed by atoms with Gasteiger partial charge in [-0.25, -0.2) is 0 Å². The molecule has 1 heterocycles. The Balaban J connectivity index is 2.98. The molecule has 2 nitrogen and oxygen atoms in total. The van der Waals surface area contributed by atoms with Gasteiger partial charge in [0.15, 0.2) is 0 Å². The second-order valence-electron chi connectivity index (χ2n) is 1.78. The molecule has 0 aliphatic carbocycles. The van der Waals surface area contributed by atoms with Crippen LogP contribution in [0.4, 0.5) is 0 Å². The molecule has 0 bridgehead atoms. The van der Waals surface area contributed by atoms with E-state index < -0.39 is 0 Å². The van der Waals surface area contributed by atoms with Crippen molar-refractivity contribution in [2.75, 3.05) is 0 Å². The van der Waals surface area contributed by atoms with E-state index in [4.69, 9.17) is 4.52 Å². The van der Waals surface area contributed by atoms with Gasteiger partial charge in [0.25, 0.3) is 0 Å². The molecule has 0 fully saturated rings. The van der Waals surface area contributed by atoms with Gasteiger partial charge >= 0.3 is 0 Å². The fraction of sp³-hybridized carbons (Fsp3) is 0.286. The van der Waals surface area contributed by atoms with E-state index in [2.05, 4.69) is 18.7 Å². The van der Waals surface area contributed by atoms with Crippen molar-refractivity contribution in [2.45, 2.75) is 13.3 Å². The normalized spacial score (nSPS) is 9.44. The van der Waals surface area contributed by atoms with E-state index in [1.807, 2.05) is 0 Å². The van der Waals surface area contributed by atoms with Gasteiger partial charge in [-0.05, 0) is 12.5 Å². The standard InChI is InChI=1S/C7H9NO/c1-3-6-5-9-8-7(6)4-2/h4-5H,2-3H2,1H3. The second-order valence-corrected chi connectivity index (χ2v) is 1.78. The van der Waals surface area contributed by atoms with Crippen LogP contribution in [-0.2, 0) is 6.42 Å². The lowest BCUT2D eigenvalue weighted by Crippen LogP contribution is -1.78. The summed E-state index contributed by atoms with van der Waals surface area (Å²) in [6.07, 6.45) is 4.30. The van der Waals surface area contributed by atoms with Crippen LogP contribution in [0, 0.1) is 0 Å². The Kier molecular flexibility index (Phi) is 1.68. The Morgan fingerprint density at radius 2 is 2.67 bits per heavy atom. The zero-order valence-corrected chi connectivity index (χ0v) is 5.42. The minimum Gasteiger partial charge on any atom is -0.364 e. The van der Waals surface area contributed by atoms with Gasteiger partial charge in [0.05, 0.1) is 0 Å². The molecule has 0 atom stereocenters. The van der Waals surface area contributed by atoms with E-state index in [1.165, 1.54) is 0 Å². The van der Waals surface area contributed by atoms with Crippen molar-refractivity contribution >= 4 is 6.08 Å². The average molecular weight is 123 g/mol. The van der Waals surface area contributed by atoms with Crippen molar-refractivity contribution in [2.24, 2.45) is 0 Å². The fourth-order valence-corrected chi connectivity index (χ4v) is 0.699. The molecule has 1 aromatic heterocycles. The smallest absolute Gasteiger partial charge is 0.127 e. The van der Waals surface area contributed by atoms with Crippen molar-refractivity contribution in [3.05, 3.63) is 24.1 Å². The van der Waals surface area contributed by atoms with Crippen LogP contribution in [-0.4, -0.2) is 5.16 Å². The summed E-state index contributed by atoms with van der Waals surface area (Å²) in [5.74, 6) is 0. The molecule has 9 heavy (non-hydrogen) atoms. The van der Waals surface area contributed by atoms with Gasteiger partial charge in [0, 0.05) is 5.56 Å². The summed E-state index contributed by atoms with van der Waals surface area (Å²) >= 11 is 0. The van der Waals surface area contributed by atoms with E-state index in [0.29, 0.717) is 0 Å². The van der Waals surface area contributed by atoms with Crippen molar-refractivity contribution in [3.63, 3.8) is 0 Å². The molecule has 0 aromatic carbocycles. The van der Waals surface area contributed by atoms with Crippen molar-refractivity contribution in [1.82, 2.24) is 5.16 Å². The largest absolute Gasteiger partial charge is 0.364 e. The predicted molar refractivity (Wildman–Crippen MR) is 36.0 cm³/mol. The first-order valence-corrected chi connectivity index (χ1v) is 2.94. The Labute approximate surface area is 54.2 Å². The fourth-order valence-electron chi connectivity index (χ4n) is 0.699. The maximum Gasteiger partial charge on any atom is 0.127 e. The summed E-state index contributed by atoms with van der Waals surface area (Å²) in [6.45, 7) is 5.64. The molecule has 0 aliphatic rings. The Morgan fingerprint density at radius 1 is 1.89 bits per heavy atom. The number of aryl methyl sites for hydroxylation is 1. The Morgan fingerprint density at radius 3 is 3.11 bits per heavy atom. The summed E-state index contributed by atoms with van der Waals surface area (Å²) in [5.41, 5.74) is 1.97. The molecule has 1 rings (SSSR count). The zero-order valence-electron chi connectivity index (χ0n) is 5.42. The molecule has 0 radical (unpaired) electrons. The van der Waals surface area contributed by atoms with E-state index in [1.54, 1.807) is 12.3 Å². The topological polar surface area (TPSA) is 26.0 Å².